The van der Waals surface area contributed by atoms with E-state index in [0.29, 0.717) is 15.2 Å². The second-order valence-corrected chi connectivity index (χ2v) is 10.5. The Morgan fingerprint density at radius 1 is 1.22 bits per heavy atom. The van der Waals surface area contributed by atoms with Gasteiger partial charge in [-0.25, -0.2) is 0 Å². The summed E-state index contributed by atoms with van der Waals surface area (Å²) in [5, 5.41) is 0. The van der Waals surface area contributed by atoms with Crippen LogP contribution in [0, 0.1) is 0 Å². The lowest BCUT2D eigenvalue weighted by atomic mass is 10.2. The summed E-state index contributed by atoms with van der Waals surface area (Å²) in [7, 11) is 1.37. The topological polar surface area (TPSA) is 84.9 Å². The summed E-state index contributed by atoms with van der Waals surface area (Å²) < 4.78 is 26.3. The monoisotopic (exact) mass is 387 g/mol. The van der Waals surface area contributed by atoms with Crippen LogP contribution in [-0.4, -0.2) is 66.9 Å². The molecule has 136 valence electrons. The Morgan fingerprint density at radius 2 is 1.74 bits per heavy atom. The van der Waals surface area contributed by atoms with Crippen LogP contribution in [-0.2, 0) is 23.1 Å². The van der Waals surface area contributed by atoms with E-state index in [1.54, 1.807) is 20.8 Å². The highest BCUT2D eigenvalue weighted by Gasteiger charge is 2.30. The van der Waals surface area contributed by atoms with Crippen molar-refractivity contribution in [2.75, 3.05) is 47.5 Å². The number of ether oxygens (including phenoxy) is 1. The molecule has 0 N–H and O–H groups in total. The predicted molar refractivity (Wildman–Crippen MR) is 93.3 cm³/mol. The van der Waals surface area contributed by atoms with Crippen molar-refractivity contribution in [2.45, 2.75) is 25.5 Å². The van der Waals surface area contributed by atoms with E-state index in [1.165, 1.54) is 11.8 Å². The zero-order valence-corrected chi connectivity index (χ0v) is 17.0. The first-order valence-corrected chi connectivity index (χ1v) is 9.71. The minimum Gasteiger partial charge on any atom is -0.756 e. The number of rotatable bonds is 10. The van der Waals surface area contributed by atoms with Gasteiger partial charge in [0.25, 0.3) is 7.82 Å². The van der Waals surface area contributed by atoms with E-state index in [-0.39, 0.29) is 19.8 Å². The number of phosphoric ester groups is 1. The van der Waals surface area contributed by atoms with E-state index in [2.05, 4.69) is 4.52 Å². The molecule has 0 fully saturated rings. The number of carbonyl (C=O) groups is 1. The average Bonchev–Trinajstić information content (AvgIpc) is 2.30. The van der Waals surface area contributed by atoms with Crippen LogP contribution >= 0.6 is 31.8 Å². The Kier molecular flexibility index (Phi) is 9.45. The summed E-state index contributed by atoms with van der Waals surface area (Å²) in [4.78, 5) is 23.4. The van der Waals surface area contributed by atoms with Gasteiger partial charge < -0.3 is 23.2 Å². The molecule has 0 aromatic heterocycles. The Bertz CT molecular complexity index is 464. The van der Waals surface area contributed by atoms with E-state index < -0.39 is 18.5 Å². The summed E-state index contributed by atoms with van der Waals surface area (Å²) >= 11 is 6.16. The molecule has 1 atom stereocenters. The van der Waals surface area contributed by atoms with Gasteiger partial charge in [-0.1, -0.05) is 12.2 Å². The third-order valence-electron chi connectivity index (χ3n) is 2.47. The van der Waals surface area contributed by atoms with Crippen molar-refractivity contribution in [3.8, 4) is 0 Å². The first-order chi connectivity index (χ1) is 10.3. The Hall–Kier alpha value is -0.0200. The number of nitrogens with zero attached hydrogens (tertiary/aromatic N) is 1. The fraction of sp³-hybridized carbons (Fsp3) is 0.846. The van der Waals surface area contributed by atoms with Gasteiger partial charge in [-0.15, -0.1) is 11.8 Å². The van der Waals surface area contributed by atoms with Gasteiger partial charge in [0.05, 0.1) is 27.7 Å². The molecule has 0 aromatic carbocycles. The zero-order valence-electron chi connectivity index (χ0n) is 14.5. The molecule has 0 aliphatic carbocycles. The Balaban J connectivity index is 4.08. The highest BCUT2D eigenvalue weighted by Crippen LogP contribution is 2.37. The summed E-state index contributed by atoms with van der Waals surface area (Å²) in [6.07, 6.45) is 0. The molecule has 0 bridgehead atoms. The molecule has 0 rings (SSSR count). The van der Waals surface area contributed by atoms with Crippen molar-refractivity contribution in [1.82, 2.24) is 0 Å². The normalized spacial score (nSPS) is 15.1. The predicted octanol–water partition coefficient (Wildman–Crippen LogP) is 1.60. The maximum Gasteiger partial charge on any atom is 0.322 e. The molecule has 23 heavy (non-hydrogen) atoms. The molecule has 0 radical (unpaired) electrons. The van der Waals surface area contributed by atoms with Gasteiger partial charge in [0.2, 0.25) is 0 Å². The van der Waals surface area contributed by atoms with Gasteiger partial charge in [0.1, 0.15) is 24.5 Å². The summed E-state index contributed by atoms with van der Waals surface area (Å²) in [5.41, 5.74) is 0. The number of hydrogen-bond acceptors (Lipinski definition) is 8. The van der Waals surface area contributed by atoms with Gasteiger partial charge in [0.15, 0.2) is 0 Å². The lowest BCUT2D eigenvalue weighted by molar-refractivity contribution is -0.870. The number of hydrogen-bond donors (Lipinski definition) is 0. The molecule has 1 unspecified atom stereocenters. The number of phosphoric acid groups is 1. The highest BCUT2D eigenvalue weighted by atomic mass is 32.2. The van der Waals surface area contributed by atoms with Crippen molar-refractivity contribution in [3.05, 3.63) is 0 Å². The van der Waals surface area contributed by atoms with Crippen LogP contribution in [0.25, 0.3) is 0 Å². The largest absolute Gasteiger partial charge is 0.756 e. The van der Waals surface area contributed by atoms with Crippen LogP contribution in [0.3, 0.4) is 0 Å². The number of esters is 1. The summed E-state index contributed by atoms with van der Waals surface area (Å²) in [6, 6.07) is 0. The second-order valence-electron chi connectivity index (χ2n) is 6.37. The number of likely N-dealkylation sites (N-methyl/N-ethyl adjacent to an activating group) is 1. The number of thioether (sulfide) groups is 1. The molecule has 0 amide bonds. The third-order valence-corrected chi connectivity index (χ3v) is 4.68. The molecule has 10 heteroatoms. The maximum absolute atomic E-state index is 11.9. The van der Waals surface area contributed by atoms with Crippen molar-refractivity contribution >= 4 is 42.0 Å². The zero-order chi connectivity index (χ0) is 18.3. The minimum atomic E-state index is -4.38. The molecule has 0 saturated heterocycles. The molecule has 0 saturated carbocycles. The van der Waals surface area contributed by atoms with E-state index in [9.17, 15) is 14.3 Å². The van der Waals surface area contributed by atoms with Crippen LogP contribution in [0.4, 0.5) is 0 Å². The molecular formula is C13H26NO6PS2. The Morgan fingerprint density at radius 3 is 2.22 bits per heavy atom. The highest BCUT2D eigenvalue weighted by molar-refractivity contribution is 8.24. The fourth-order valence-electron chi connectivity index (χ4n) is 1.32. The smallest absolute Gasteiger partial charge is 0.322 e. The van der Waals surface area contributed by atoms with Gasteiger partial charge in [-0.3, -0.25) is 9.36 Å². The maximum atomic E-state index is 11.9. The van der Waals surface area contributed by atoms with Crippen LogP contribution in [0.1, 0.15) is 20.8 Å². The number of carbonyl (C=O) groups excluding carboxylic acids is 1. The van der Waals surface area contributed by atoms with Gasteiger partial charge in [0, 0.05) is 4.20 Å². The van der Waals surface area contributed by atoms with Gasteiger partial charge >= 0.3 is 5.97 Å². The van der Waals surface area contributed by atoms with E-state index in [1.807, 2.05) is 21.1 Å². The standard InChI is InChI=1S/C13H26NO6PS2/c1-11(22)23-13(2,3)12(15)18-9-10-20-21(16,17)19-8-7-14(4,5)6/h7-10H2,1-6H3. The molecule has 0 spiro atoms. The van der Waals surface area contributed by atoms with Crippen LogP contribution in [0.5, 0.6) is 0 Å². The lowest BCUT2D eigenvalue weighted by Crippen LogP contribution is -2.37. The fourth-order valence-corrected chi connectivity index (χ4v) is 3.49. The third kappa shape index (κ3) is 12.1. The van der Waals surface area contributed by atoms with Crippen LogP contribution in [0.15, 0.2) is 0 Å². The number of thiocarbonyl (C=S) groups is 1. The Labute approximate surface area is 147 Å². The first kappa shape index (κ1) is 23.0. The molecule has 0 heterocycles. The van der Waals surface area contributed by atoms with E-state index in [4.69, 9.17) is 21.5 Å². The first-order valence-electron chi connectivity index (χ1n) is 7.02. The quantitative estimate of drug-likeness (QED) is 0.184. The lowest BCUT2D eigenvalue weighted by Gasteiger charge is -2.27. The molecule has 0 aromatic rings. The van der Waals surface area contributed by atoms with Crippen LogP contribution in [0.2, 0.25) is 0 Å². The summed E-state index contributed by atoms with van der Waals surface area (Å²) in [6.45, 7) is 5.18. The van der Waals surface area contributed by atoms with Crippen molar-refractivity contribution < 1.29 is 32.5 Å². The van der Waals surface area contributed by atoms with Gasteiger partial charge in [-0.2, -0.15) is 0 Å². The molecule has 7 nitrogen and oxygen atoms in total. The van der Waals surface area contributed by atoms with Gasteiger partial charge in [-0.05, 0) is 20.8 Å². The second kappa shape index (κ2) is 9.46. The molecule has 0 aliphatic heterocycles. The van der Waals surface area contributed by atoms with Crippen molar-refractivity contribution in [1.29, 1.82) is 0 Å². The molecular weight excluding hydrogens is 361 g/mol. The minimum absolute atomic E-state index is 0.0294. The summed E-state index contributed by atoms with van der Waals surface area (Å²) in [5.74, 6) is -0.484. The SMILES string of the molecule is CC(=S)SC(C)(C)C(=O)OCCOP(=O)([O-])OCC[N+](C)(C)C. The van der Waals surface area contributed by atoms with E-state index in [0.717, 1.165) is 0 Å². The molecule has 0 aliphatic rings. The van der Waals surface area contributed by atoms with Crippen molar-refractivity contribution in [2.24, 2.45) is 0 Å². The van der Waals surface area contributed by atoms with E-state index >= 15 is 0 Å². The van der Waals surface area contributed by atoms with Crippen molar-refractivity contribution in [3.63, 3.8) is 0 Å². The number of quaternary nitrogens is 1. The average molecular weight is 387 g/mol. The van der Waals surface area contributed by atoms with Crippen LogP contribution < -0.4 is 4.89 Å².